The highest BCUT2D eigenvalue weighted by atomic mass is 35.5. The summed E-state index contributed by atoms with van der Waals surface area (Å²) in [6.07, 6.45) is 0. The van der Waals surface area contributed by atoms with Gasteiger partial charge in [-0.15, -0.1) is 0 Å². The first-order valence-corrected chi connectivity index (χ1v) is 8.03. The Morgan fingerprint density at radius 1 is 1.38 bits per heavy atom. The number of nitrogens with one attached hydrogen (secondary N) is 1. The van der Waals surface area contributed by atoms with E-state index < -0.39 is 6.04 Å². The molecule has 7 nitrogen and oxygen atoms in total. The molecule has 0 aliphatic carbocycles. The minimum Gasteiger partial charge on any atom is -0.462 e. The van der Waals surface area contributed by atoms with Crippen LogP contribution in [-0.4, -0.2) is 32.8 Å². The van der Waals surface area contributed by atoms with E-state index in [1.54, 1.807) is 16.8 Å². The van der Waals surface area contributed by atoms with E-state index in [9.17, 15) is 4.79 Å². The van der Waals surface area contributed by atoms with Crippen molar-refractivity contribution >= 4 is 23.5 Å². The van der Waals surface area contributed by atoms with Crippen molar-refractivity contribution in [2.24, 2.45) is 5.92 Å². The molecule has 0 radical (unpaired) electrons. The van der Waals surface area contributed by atoms with Crippen LogP contribution in [0.25, 0.3) is 0 Å². The van der Waals surface area contributed by atoms with Crippen molar-refractivity contribution in [3.05, 3.63) is 46.1 Å². The van der Waals surface area contributed by atoms with Gasteiger partial charge in [0.25, 0.3) is 0 Å². The maximum absolute atomic E-state index is 12.7. The molecule has 1 atom stereocenters. The van der Waals surface area contributed by atoms with Crippen molar-refractivity contribution in [1.29, 1.82) is 0 Å². The molecular formula is C16H18ClN5O2. The zero-order chi connectivity index (χ0) is 17.3. The van der Waals surface area contributed by atoms with Gasteiger partial charge in [0, 0.05) is 10.7 Å². The summed E-state index contributed by atoms with van der Waals surface area (Å²) in [5.74, 6) is 0.353. The van der Waals surface area contributed by atoms with Gasteiger partial charge >= 0.3 is 5.97 Å². The number of anilines is 1. The van der Waals surface area contributed by atoms with Crippen molar-refractivity contribution in [3.63, 3.8) is 0 Å². The number of hydrogen-bond donors (Lipinski definition) is 1. The molecule has 0 saturated heterocycles. The Bertz CT molecular complexity index is 782. The fourth-order valence-corrected chi connectivity index (χ4v) is 2.68. The highest BCUT2D eigenvalue weighted by molar-refractivity contribution is 6.30. The van der Waals surface area contributed by atoms with E-state index in [1.165, 1.54) is 0 Å². The van der Waals surface area contributed by atoms with Crippen LogP contribution in [0.3, 0.4) is 0 Å². The van der Waals surface area contributed by atoms with Gasteiger partial charge in [0.2, 0.25) is 5.95 Å². The standard InChI is InChI=1S/C16H18ClN5O2/c1-9(2)8-24-15(23)13-10(3)18-16-19-20-21-22(16)14(13)11-4-6-12(17)7-5-11/h4-7,9,14H,8H2,1-3H3,(H,18,19,21)/t14-/m0/s1. The summed E-state index contributed by atoms with van der Waals surface area (Å²) in [5.41, 5.74) is 2.01. The number of carbonyl (C=O) groups is 1. The summed E-state index contributed by atoms with van der Waals surface area (Å²) in [6, 6.07) is 6.79. The number of tetrazole rings is 1. The molecule has 126 valence electrons. The third-order valence-corrected chi connectivity index (χ3v) is 3.92. The van der Waals surface area contributed by atoms with E-state index in [0.29, 0.717) is 28.8 Å². The lowest BCUT2D eigenvalue weighted by Gasteiger charge is -2.27. The number of ether oxygens (including phenoxy) is 1. The average Bonchev–Trinajstić information content (AvgIpc) is 3.00. The number of carbonyl (C=O) groups excluding carboxylic acids is 1. The van der Waals surface area contributed by atoms with Crippen molar-refractivity contribution in [3.8, 4) is 0 Å². The van der Waals surface area contributed by atoms with Crippen LogP contribution in [0.15, 0.2) is 35.5 Å². The number of nitrogens with zero attached hydrogens (tertiary/aromatic N) is 4. The van der Waals surface area contributed by atoms with Crippen LogP contribution in [0.5, 0.6) is 0 Å². The molecule has 24 heavy (non-hydrogen) atoms. The predicted octanol–water partition coefficient (Wildman–Crippen LogP) is 2.81. The van der Waals surface area contributed by atoms with Crippen LogP contribution >= 0.6 is 11.6 Å². The van der Waals surface area contributed by atoms with Crippen molar-refractivity contribution in [2.75, 3.05) is 11.9 Å². The van der Waals surface area contributed by atoms with Gasteiger partial charge < -0.3 is 10.1 Å². The summed E-state index contributed by atoms with van der Waals surface area (Å²) in [5, 5.41) is 15.3. The SMILES string of the molecule is CC1=C(C(=O)OCC(C)C)[C@H](c2ccc(Cl)cc2)n2nnnc2N1. The van der Waals surface area contributed by atoms with Gasteiger partial charge in [-0.3, -0.25) is 0 Å². The number of esters is 1. The van der Waals surface area contributed by atoms with Crippen LogP contribution in [-0.2, 0) is 9.53 Å². The molecule has 1 N–H and O–H groups in total. The second-order valence-electron chi connectivity index (χ2n) is 6.06. The van der Waals surface area contributed by atoms with E-state index >= 15 is 0 Å². The zero-order valence-electron chi connectivity index (χ0n) is 13.7. The third kappa shape index (κ3) is 3.12. The summed E-state index contributed by atoms with van der Waals surface area (Å²) < 4.78 is 7.01. The Morgan fingerprint density at radius 2 is 2.08 bits per heavy atom. The van der Waals surface area contributed by atoms with Crippen LogP contribution in [0, 0.1) is 5.92 Å². The molecule has 2 heterocycles. The number of halogens is 1. The van der Waals surface area contributed by atoms with Gasteiger partial charge in [-0.05, 0) is 41.0 Å². The van der Waals surface area contributed by atoms with Gasteiger partial charge in [0.1, 0.15) is 6.04 Å². The van der Waals surface area contributed by atoms with Crippen LogP contribution in [0.2, 0.25) is 5.02 Å². The Hall–Kier alpha value is -2.41. The first-order chi connectivity index (χ1) is 11.5. The normalized spacial score (nSPS) is 16.8. The quantitative estimate of drug-likeness (QED) is 0.856. The maximum Gasteiger partial charge on any atom is 0.338 e. The van der Waals surface area contributed by atoms with Gasteiger partial charge in [0.05, 0.1) is 12.2 Å². The molecule has 1 aromatic heterocycles. The minimum atomic E-state index is -0.465. The molecule has 1 aliphatic rings. The molecule has 0 bridgehead atoms. The summed E-state index contributed by atoms with van der Waals surface area (Å²) in [4.78, 5) is 12.7. The third-order valence-electron chi connectivity index (χ3n) is 3.67. The molecule has 2 aromatic rings. The van der Waals surface area contributed by atoms with E-state index in [2.05, 4.69) is 20.8 Å². The minimum absolute atomic E-state index is 0.254. The number of fused-ring (bicyclic) bond motifs is 1. The van der Waals surface area contributed by atoms with Crippen LogP contribution in [0.4, 0.5) is 5.95 Å². The Balaban J connectivity index is 2.03. The molecule has 3 rings (SSSR count). The predicted molar refractivity (Wildman–Crippen MR) is 89.5 cm³/mol. The van der Waals surface area contributed by atoms with E-state index in [4.69, 9.17) is 16.3 Å². The molecule has 1 aromatic carbocycles. The summed E-state index contributed by atoms with van der Waals surface area (Å²) >= 11 is 5.98. The molecule has 0 fully saturated rings. The highest BCUT2D eigenvalue weighted by Crippen LogP contribution is 2.35. The zero-order valence-corrected chi connectivity index (χ0v) is 14.4. The maximum atomic E-state index is 12.7. The second kappa shape index (κ2) is 6.60. The Morgan fingerprint density at radius 3 is 2.75 bits per heavy atom. The molecule has 8 heteroatoms. The number of hydrogen-bond acceptors (Lipinski definition) is 6. The molecule has 0 saturated carbocycles. The summed E-state index contributed by atoms with van der Waals surface area (Å²) in [7, 11) is 0. The van der Waals surface area contributed by atoms with Gasteiger partial charge in [0.15, 0.2) is 0 Å². The fraction of sp³-hybridized carbons (Fsp3) is 0.375. The topological polar surface area (TPSA) is 81.9 Å². The largest absolute Gasteiger partial charge is 0.462 e. The highest BCUT2D eigenvalue weighted by Gasteiger charge is 2.34. The smallest absolute Gasteiger partial charge is 0.338 e. The van der Waals surface area contributed by atoms with E-state index in [0.717, 1.165) is 5.56 Å². The molecule has 0 amide bonds. The van der Waals surface area contributed by atoms with Gasteiger partial charge in [-0.1, -0.05) is 42.7 Å². The molecule has 1 aliphatic heterocycles. The molecule has 0 spiro atoms. The van der Waals surface area contributed by atoms with Crippen molar-refractivity contribution < 1.29 is 9.53 Å². The van der Waals surface area contributed by atoms with E-state index in [-0.39, 0.29) is 11.9 Å². The molecule has 0 unspecified atom stereocenters. The van der Waals surface area contributed by atoms with E-state index in [1.807, 2.05) is 32.9 Å². The van der Waals surface area contributed by atoms with Crippen molar-refractivity contribution in [2.45, 2.75) is 26.8 Å². The number of rotatable bonds is 4. The second-order valence-corrected chi connectivity index (χ2v) is 6.49. The monoisotopic (exact) mass is 347 g/mol. The van der Waals surface area contributed by atoms with Crippen LogP contribution < -0.4 is 5.32 Å². The number of aromatic nitrogens is 4. The Kier molecular flexibility index (Phi) is 4.53. The fourth-order valence-electron chi connectivity index (χ4n) is 2.55. The summed E-state index contributed by atoms with van der Waals surface area (Å²) in [6.45, 7) is 6.14. The Labute approximate surface area is 144 Å². The number of allylic oxidation sites excluding steroid dienone is 1. The lowest BCUT2D eigenvalue weighted by molar-refractivity contribution is -0.140. The molecular weight excluding hydrogens is 330 g/mol. The number of benzene rings is 1. The van der Waals surface area contributed by atoms with Crippen LogP contribution in [0.1, 0.15) is 32.4 Å². The van der Waals surface area contributed by atoms with Crippen molar-refractivity contribution in [1.82, 2.24) is 20.2 Å². The first kappa shape index (κ1) is 16.4. The lowest BCUT2D eigenvalue weighted by Crippen LogP contribution is -2.30. The van der Waals surface area contributed by atoms with Gasteiger partial charge in [-0.25, -0.2) is 4.79 Å². The van der Waals surface area contributed by atoms with Gasteiger partial charge in [-0.2, -0.15) is 4.68 Å². The first-order valence-electron chi connectivity index (χ1n) is 7.65. The lowest BCUT2D eigenvalue weighted by atomic mass is 9.96. The average molecular weight is 348 g/mol.